The zero-order chi connectivity index (χ0) is 30.9. The van der Waals surface area contributed by atoms with Crippen LogP contribution >= 0.6 is 0 Å². The van der Waals surface area contributed by atoms with Gasteiger partial charge in [0.1, 0.15) is 12.4 Å². The van der Waals surface area contributed by atoms with E-state index in [0.717, 1.165) is 0 Å². The largest absolute Gasteiger partial charge is 0.256 e. The Morgan fingerprint density at radius 2 is 0.721 bits per heavy atom. The molecule has 0 atom stereocenters. The minimum Gasteiger partial charge on any atom is -0.234 e. The van der Waals surface area contributed by atoms with Crippen LogP contribution in [0.2, 0.25) is 0 Å². The van der Waals surface area contributed by atoms with Crippen LogP contribution in [0.25, 0.3) is 0 Å². The molecule has 0 fully saturated rings. The van der Waals surface area contributed by atoms with Crippen molar-refractivity contribution in [1.29, 1.82) is 0 Å². The van der Waals surface area contributed by atoms with Gasteiger partial charge in [0.15, 0.2) is 0 Å². The van der Waals surface area contributed by atoms with Crippen molar-refractivity contribution in [3.8, 4) is 0 Å². The molecule has 0 saturated heterocycles. The monoisotopic (exact) mass is 602 g/mol. The van der Waals surface area contributed by atoms with Crippen LogP contribution < -0.4 is 4.57 Å². The van der Waals surface area contributed by atoms with Crippen LogP contribution in [-0.4, -0.2) is 4.57 Å². The van der Waals surface area contributed by atoms with Gasteiger partial charge >= 0.3 is 0 Å². The predicted molar refractivity (Wildman–Crippen MR) is 193 cm³/mol. The van der Waals surface area contributed by atoms with Crippen LogP contribution in [0, 0.1) is 0 Å². The summed E-state index contributed by atoms with van der Waals surface area (Å²) < 4.78 is 5.24. The second kappa shape index (κ2) is 32.6. The third-order valence-corrected chi connectivity index (χ3v) is 9.85. The minimum absolute atomic E-state index is 1.23. The van der Waals surface area contributed by atoms with E-state index in [2.05, 4.69) is 42.3 Å². The van der Waals surface area contributed by atoms with E-state index in [9.17, 15) is 0 Å². The molecule has 2 nitrogen and oxygen atoms in total. The van der Waals surface area contributed by atoms with E-state index in [1.54, 1.807) is 5.82 Å². The molecule has 1 aromatic heterocycles. The van der Waals surface area contributed by atoms with Gasteiger partial charge in [-0.2, -0.15) is 0 Å². The highest BCUT2D eigenvalue weighted by atomic mass is 15.1. The lowest BCUT2D eigenvalue weighted by Gasteiger charge is -2.07. The summed E-state index contributed by atoms with van der Waals surface area (Å²) in [5, 5.41) is 0. The van der Waals surface area contributed by atoms with Crippen LogP contribution in [0.4, 0.5) is 0 Å². The van der Waals surface area contributed by atoms with Crippen molar-refractivity contribution in [2.24, 2.45) is 0 Å². The summed E-state index contributed by atoms with van der Waals surface area (Å²) in [6, 6.07) is 0. The Bertz CT molecular complexity index is 613. The molecule has 2 heteroatoms. The molecule has 0 aliphatic carbocycles. The fourth-order valence-corrected chi connectivity index (χ4v) is 6.86. The van der Waals surface area contributed by atoms with E-state index in [1.807, 2.05) is 0 Å². The van der Waals surface area contributed by atoms with Crippen molar-refractivity contribution in [2.75, 3.05) is 0 Å². The van der Waals surface area contributed by atoms with Crippen molar-refractivity contribution >= 4 is 0 Å². The summed E-state index contributed by atoms with van der Waals surface area (Å²) in [4.78, 5) is 0. The Hall–Kier alpha value is -0.790. The van der Waals surface area contributed by atoms with Gasteiger partial charge < -0.3 is 0 Å². The van der Waals surface area contributed by atoms with Gasteiger partial charge in [0.25, 0.3) is 5.82 Å². The van der Waals surface area contributed by atoms with E-state index in [-0.39, 0.29) is 0 Å². The number of rotatable bonds is 35. The summed E-state index contributed by atoms with van der Waals surface area (Å²) in [6.45, 7) is 9.41. The molecule has 0 saturated carbocycles. The topological polar surface area (TPSA) is 8.81 Å². The first-order valence-corrected chi connectivity index (χ1v) is 20.4. The van der Waals surface area contributed by atoms with Crippen LogP contribution in [0.15, 0.2) is 12.4 Å². The lowest BCUT2D eigenvalue weighted by Crippen LogP contribution is -2.37. The average molecular weight is 602 g/mol. The third kappa shape index (κ3) is 25.1. The SMILES string of the molecule is CCCCCCCCCCCCCCCCn1cc[n+](CCCCCCCCCCCCCCCC)c1CCCCCC. The van der Waals surface area contributed by atoms with E-state index in [4.69, 9.17) is 0 Å². The molecule has 0 spiro atoms. The number of aryl methyl sites for hydroxylation is 2. The number of hydrogen-bond donors (Lipinski definition) is 0. The predicted octanol–water partition coefficient (Wildman–Crippen LogP) is 13.9. The van der Waals surface area contributed by atoms with Gasteiger partial charge in [-0.1, -0.05) is 194 Å². The molecule has 0 bridgehead atoms. The lowest BCUT2D eigenvalue weighted by atomic mass is 10.0. The fraction of sp³-hybridized carbons (Fsp3) is 0.927. The van der Waals surface area contributed by atoms with Gasteiger partial charge in [0.2, 0.25) is 0 Å². The van der Waals surface area contributed by atoms with Gasteiger partial charge in [-0.3, -0.25) is 0 Å². The van der Waals surface area contributed by atoms with Crippen LogP contribution in [0.3, 0.4) is 0 Å². The lowest BCUT2D eigenvalue weighted by molar-refractivity contribution is -0.704. The molecule has 43 heavy (non-hydrogen) atoms. The average Bonchev–Trinajstić information content (AvgIpc) is 3.40. The van der Waals surface area contributed by atoms with Crippen molar-refractivity contribution in [3.05, 3.63) is 18.2 Å². The zero-order valence-electron chi connectivity index (χ0n) is 30.3. The molecule has 1 heterocycles. The van der Waals surface area contributed by atoms with E-state index >= 15 is 0 Å². The van der Waals surface area contributed by atoms with Gasteiger partial charge in [-0.05, 0) is 32.1 Å². The highest BCUT2D eigenvalue weighted by molar-refractivity contribution is 4.84. The Balaban J connectivity index is 2.14. The highest BCUT2D eigenvalue weighted by Gasteiger charge is 2.16. The van der Waals surface area contributed by atoms with E-state index in [0.29, 0.717) is 0 Å². The molecule has 0 aliphatic heterocycles. The van der Waals surface area contributed by atoms with Crippen molar-refractivity contribution < 1.29 is 4.57 Å². The van der Waals surface area contributed by atoms with Gasteiger partial charge in [-0.25, -0.2) is 9.13 Å². The highest BCUT2D eigenvalue weighted by Crippen LogP contribution is 2.15. The number of aromatic nitrogens is 2. The summed E-state index contributed by atoms with van der Waals surface area (Å²) >= 11 is 0. The molecular weight excluding hydrogens is 520 g/mol. The zero-order valence-corrected chi connectivity index (χ0v) is 30.3. The van der Waals surface area contributed by atoms with Crippen LogP contribution in [-0.2, 0) is 19.5 Å². The standard InChI is InChI=1S/C41H81N2/c1-4-7-10-13-15-17-19-21-23-25-27-29-31-34-37-42-39-40-43(41(42)36-33-12-9-6-3)38-35-32-30-28-26-24-22-20-18-16-14-11-8-5-2/h39-40H,4-38H2,1-3H3/q+1. The molecule has 0 radical (unpaired) electrons. The third-order valence-electron chi connectivity index (χ3n) is 9.85. The number of unbranched alkanes of at least 4 members (excludes halogenated alkanes) is 29. The summed E-state index contributed by atoms with van der Waals surface area (Å²) in [6.07, 6.45) is 51.9. The Morgan fingerprint density at radius 3 is 1.12 bits per heavy atom. The Morgan fingerprint density at radius 1 is 0.395 bits per heavy atom. The number of nitrogens with zero attached hydrogens (tertiary/aromatic N) is 2. The van der Waals surface area contributed by atoms with Crippen LogP contribution in [0.1, 0.15) is 232 Å². The maximum absolute atomic E-state index is 2.62. The fourth-order valence-electron chi connectivity index (χ4n) is 6.86. The minimum atomic E-state index is 1.23. The smallest absolute Gasteiger partial charge is 0.234 e. The second-order valence-corrected chi connectivity index (χ2v) is 14.1. The molecule has 1 aromatic rings. The molecule has 0 unspecified atom stereocenters. The van der Waals surface area contributed by atoms with E-state index < -0.39 is 0 Å². The summed E-state index contributed by atoms with van der Waals surface area (Å²) in [5.74, 6) is 1.61. The van der Waals surface area contributed by atoms with Crippen molar-refractivity contribution in [1.82, 2.24) is 4.57 Å². The quantitative estimate of drug-likeness (QED) is 0.0540. The normalized spacial score (nSPS) is 11.6. The molecule has 0 aliphatic rings. The summed E-state index contributed by atoms with van der Waals surface area (Å²) in [5.41, 5.74) is 0. The first-order valence-electron chi connectivity index (χ1n) is 20.4. The van der Waals surface area contributed by atoms with Gasteiger partial charge in [-0.15, -0.1) is 0 Å². The maximum atomic E-state index is 2.62. The maximum Gasteiger partial charge on any atom is 0.256 e. The van der Waals surface area contributed by atoms with Crippen molar-refractivity contribution in [2.45, 2.75) is 246 Å². The Kier molecular flexibility index (Phi) is 30.5. The molecule has 254 valence electrons. The molecule has 0 amide bonds. The second-order valence-electron chi connectivity index (χ2n) is 14.1. The summed E-state index contributed by atoms with van der Waals surface area (Å²) in [7, 11) is 0. The first-order chi connectivity index (χ1) is 21.3. The molecule has 0 N–H and O–H groups in total. The number of hydrogen-bond acceptors (Lipinski definition) is 0. The molecule has 1 rings (SSSR count). The van der Waals surface area contributed by atoms with Gasteiger partial charge in [0, 0.05) is 6.42 Å². The van der Waals surface area contributed by atoms with Crippen LogP contribution in [0.5, 0.6) is 0 Å². The van der Waals surface area contributed by atoms with Gasteiger partial charge in [0.05, 0.1) is 13.1 Å². The molecule has 0 aromatic carbocycles. The van der Waals surface area contributed by atoms with Crippen molar-refractivity contribution in [3.63, 3.8) is 0 Å². The first kappa shape index (κ1) is 40.2. The number of imidazole rings is 1. The van der Waals surface area contributed by atoms with E-state index in [1.165, 1.54) is 225 Å². The Labute approximate surface area is 272 Å². The molecular formula is C41H81N2+.